The molecule has 1 aliphatic carbocycles. The first kappa shape index (κ1) is 17.0. The van der Waals surface area contributed by atoms with Gasteiger partial charge in [0.15, 0.2) is 5.96 Å². The van der Waals surface area contributed by atoms with Crippen molar-refractivity contribution in [3.05, 3.63) is 34.5 Å². The zero-order valence-corrected chi connectivity index (χ0v) is 14.7. The zero-order chi connectivity index (χ0) is 15.8. The molecular formula is C17H28N4S. The number of hydrogen-bond donors (Lipinski definition) is 2. The van der Waals surface area contributed by atoms with E-state index < -0.39 is 0 Å². The van der Waals surface area contributed by atoms with Gasteiger partial charge in [-0.3, -0.25) is 9.89 Å². The van der Waals surface area contributed by atoms with Gasteiger partial charge in [-0.1, -0.05) is 26.0 Å². The van der Waals surface area contributed by atoms with Crippen molar-refractivity contribution in [2.45, 2.75) is 38.8 Å². The van der Waals surface area contributed by atoms with E-state index in [1.54, 1.807) is 11.3 Å². The van der Waals surface area contributed by atoms with Crippen LogP contribution in [0.25, 0.3) is 0 Å². The highest BCUT2D eigenvalue weighted by Crippen LogP contribution is 2.22. The van der Waals surface area contributed by atoms with Crippen LogP contribution in [-0.2, 0) is 0 Å². The highest BCUT2D eigenvalue weighted by atomic mass is 32.1. The number of nitrogens with one attached hydrogen (secondary N) is 2. The molecule has 1 aromatic rings. The zero-order valence-electron chi connectivity index (χ0n) is 13.9. The maximum absolute atomic E-state index is 4.37. The highest BCUT2D eigenvalue weighted by Gasteiger charge is 2.19. The standard InChI is InChI=1S/C17H28N4S/c1-4-21(5-2)16(14-10-11-22-13-14)12-19-17(18-3)20-15-8-6-7-9-15/h6-7,10-11,13,15-16H,4-5,8-9,12H2,1-3H3,(H2,18,19,20). The van der Waals surface area contributed by atoms with Crippen LogP contribution in [0.3, 0.4) is 0 Å². The maximum atomic E-state index is 4.37. The van der Waals surface area contributed by atoms with Gasteiger partial charge in [0.05, 0.1) is 6.04 Å². The summed E-state index contributed by atoms with van der Waals surface area (Å²) in [4.78, 5) is 6.85. The lowest BCUT2D eigenvalue weighted by molar-refractivity contribution is 0.219. The van der Waals surface area contributed by atoms with E-state index in [1.807, 2.05) is 7.05 Å². The smallest absolute Gasteiger partial charge is 0.191 e. The van der Waals surface area contributed by atoms with Gasteiger partial charge >= 0.3 is 0 Å². The largest absolute Gasteiger partial charge is 0.354 e. The first-order chi connectivity index (χ1) is 10.8. The second-order valence-electron chi connectivity index (χ2n) is 5.53. The van der Waals surface area contributed by atoms with Crippen LogP contribution in [-0.4, -0.2) is 43.6 Å². The molecule has 2 rings (SSSR count). The number of hydrogen-bond acceptors (Lipinski definition) is 3. The number of thiophene rings is 1. The summed E-state index contributed by atoms with van der Waals surface area (Å²) in [6.45, 7) is 7.42. The molecule has 0 spiro atoms. The predicted octanol–water partition coefficient (Wildman–Crippen LogP) is 3.01. The molecule has 1 aliphatic rings. The maximum Gasteiger partial charge on any atom is 0.191 e. The van der Waals surface area contributed by atoms with Gasteiger partial charge < -0.3 is 10.6 Å². The van der Waals surface area contributed by atoms with Gasteiger partial charge in [0.2, 0.25) is 0 Å². The van der Waals surface area contributed by atoms with E-state index in [4.69, 9.17) is 0 Å². The van der Waals surface area contributed by atoms with E-state index in [0.29, 0.717) is 12.1 Å². The second kappa shape index (κ2) is 8.96. The fraction of sp³-hybridized carbons (Fsp3) is 0.588. The van der Waals surface area contributed by atoms with Crippen LogP contribution in [0, 0.1) is 0 Å². The molecular weight excluding hydrogens is 292 g/mol. The molecule has 0 saturated carbocycles. The molecule has 2 N–H and O–H groups in total. The van der Waals surface area contributed by atoms with E-state index in [1.165, 1.54) is 5.56 Å². The minimum atomic E-state index is 0.390. The van der Waals surface area contributed by atoms with Gasteiger partial charge in [-0.25, -0.2) is 0 Å². The molecule has 0 radical (unpaired) electrons. The van der Waals surface area contributed by atoms with Gasteiger partial charge in [0, 0.05) is 19.6 Å². The Kier molecular flexibility index (Phi) is 6.93. The molecule has 1 unspecified atom stereocenters. The summed E-state index contributed by atoms with van der Waals surface area (Å²) >= 11 is 1.76. The molecule has 0 bridgehead atoms. The summed E-state index contributed by atoms with van der Waals surface area (Å²) in [5, 5.41) is 11.4. The molecule has 1 aromatic heterocycles. The lowest BCUT2D eigenvalue weighted by atomic mass is 10.1. The fourth-order valence-corrected chi connectivity index (χ4v) is 3.61. The number of aliphatic imine (C=N–C) groups is 1. The first-order valence-corrected chi connectivity index (χ1v) is 9.11. The average molecular weight is 321 g/mol. The molecule has 122 valence electrons. The van der Waals surface area contributed by atoms with Gasteiger partial charge in [-0.05, 0) is 48.3 Å². The lowest BCUT2D eigenvalue weighted by Crippen LogP contribution is -2.46. The molecule has 1 heterocycles. The Bertz CT molecular complexity index is 469. The Hall–Kier alpha value is -1.33. The summed E-state index contributed by atoms with van der Waals surface area (Å²) < 4.78 is 0. The van der Waals surface area contributed by atoms with E-state index in [0.717, 1.165) is 38.4 Å². The van der Waals surface area contributed by atoms with Crippen LogP contribution in [0.1, 0.15) is 38.3 Å². The lowest BCUT2D eigenvalue weighted by Gasteiger charge is -2.30. The van der Waals surface area contributed by atoms with Crippen molar-refractivity contribution in [1.82, 2.24) is 15.5 Å². The van der Waals surface area contributed by atoms with Crippen LogP contribution in [0.15, 0.2) is 34.0 Å². The monoisotopic (exact) mass is 320 g/mol. The van der Waals surface area contributed by atoms with Crippen LogP contribution < -0.4 is 10.6 Å². The summed E-state index contributed by atoms with van der Waals surface area (Å²) in [6, 6.07) is 3.10. The molecule has 0 saturated heterocycles. The van der Waals surface area contributed by atoms with Crippen molar-refractivity contribution in [3.8, 4) is 0 Å². The summed E-state index contributed by atoms with van der Waals surface area (Å²) in [5.41, 5.74) is 1.39. The van der Waals surface area contributed by atoms with Crippen molar-refractivity contribution >= 4 is 17.3 Å². The Morgan fingerprint density at radius 1 is 1.36 bits per heavy atom. The Morgan fingerprint density at radius 2 is 2.09 bits per heavy atom. The SMILES string of the molecule is CCN(CC)C(CNC(=NC)NC1CC=CC1)c1ccsc1. The molecule has 0 aliphatic heterocycles. The van der Waals surface area contributed by atoms with E-state index in [-0.39, 0.29) is 0 Å². The third kappa shape index (κ3) is 4.58. The summed E-state index contributed by atoms with van der Waals surface area (Å²) in [6.07, 6.45) is 6.64. The van der Waals surface area contributed by atoms with Crippen LogP contribution >= 0.6 is 11.3 Å². The Labute approximate surface area is 138 Å². The predicted molar refractivity (Wildman–Crippen MR) is 96.6 cm³/mol. The fourth-order valence-electron chi connectivity index (χ4n) is 2.90. The molecule has 0 amide bonds. The number of rotatable bonds is 7. The molecule has 22 heavy (non-hydrogen) atoms. The van der Waals surface area contributed by atoms with Crippen molar-refractivity contribution < 1.29 is 0 Å². The normalized spacial score (nSPS) is 17.2. The van der Waals surface area contributed by atoms with Crippen LogP contribution in [0.4, 0.5) is 0 Å². The summed E-state index contributed by atoms with van der Waals surface area (Å²) in [7, 11) is 1.84. The van der Waals surface area contributed by atoms with E-state index in [2.05, 4.69) is 63.4 Å². The average Bonchev–Trinajstić information content (AvgIpc) is 3.23. The van der Waals surface area contributed by atoms with Gasteiger partial charge in [0.25, 0.3) is 0 Å². The molecule has 0 fully saturated rings. The Balaban J connectivity index is 1.94. The van der Waals surface area contributed by atoms with Crippen molar-refractivity contribution in [2.24, 2.45) is 4.99 Å². The van der Waals surface area contributed by atoms with Crippen LogP contribution in [0.2, 0.25) is 0 Å². The Morgan fingerprint density at radius 3 is 2.64 bits per heavy atom. The molecule has 0 aromatic carbocycles. The molecule has 4 nitrogen and oxygen atoms in total. The minimum absolute atomic E-state index is 0.390. The van der Waals surface area contributed by atoms with Crippen LogP contribution in [0.5, 0.6) is 0 Å². The topological polar surface area (TPSA) is 39.7 Å². The third-order valence-corrected chi connectivity index (χ3v) is 4.92. The summed E-state index contributed by atoms with van der Waals surface area (Å²) in [5.74, 6) is 0.904. The van der Waals surface area contributed by atoms with Gasteiger partial charge in [0.1, 0.15) is 0 Å². The molecule has 5 heteroatoms. The number of guanidine groups is 1. The van der Waals surface area contributed by atoms with E-state index >= 15 is 0 Å². The first-order valence-electron chi connectivity index (χ1n) is 8.16. The minimum Gasteiger partial charge on any atom is -0.354 e. The molecule has 1 atom stereocenters. The van der Waals surface area contributed by atoms with Crippen molar-refractivity contribution in [3.63, 3.8) is 0 Å². The highest BCUT2D eigenvalue weighted by molar-refractivity contribution is 7.07. The second-order valence-corrected chi connectivity index (χ2v) is 6.31. The van der Waals surface area contributed by atoms with E-state index in [9.17, 15) is 0 Å². The number of likely N-dealkylation sites (N-methyl/N-ethyl adjacent to an activating group) is 1. The van der Waals surface area contributed by atoms with Crippen molar-refractivity contribution in [1.29, 1.82) is 0 Å². The third-order valence-electron chi connectivity index (χ3n) is 4.22. The van der Waals surface area contributed by atoms with Gasteiger partial charge in [-0.15, -0.1) is 0 Å². The number of nitrogens with zero attached hydrogens (tertiary/aromatic N) is 2. The van der Waals surface area contributed by atoms with Crippen molar-refractivity contribution in [2.75, 3.05) is 26.7 Å². The quantitative estimate of drug-likeness (QED) is 0.461. The van der Waals surface area contributed by atoms with Gasteiger partial charge in [-0.2, -0.15) is 11.3 Å².